The number of aliphatic carboxylic acids is 1. The zero-order valence-corrected chi connectivity index (χ0v) is 8.42. The first-order chi connectivity index (χ1) is 6.22. The Morgan fingerprint density at radius 2 is 2.15 bits per heavy atom. The Balaban J connectivity index is 4.07. The Morgan fingerprint density at radius 1 is 1.46 bits per heavy atom. The molecule has 2 heteroatoms. The van der Waals surface area contributed by atoms with Crippen LogP contribution < -0.4 is 0 Å². The molecular formula is C11H18O2. The van der Waals surface area contributed by atoms with Crippen molar-refractivity contribution < 1.29 is 9.90 Å². The van der Waals surface area contributed by atoms with Gasteiger partial charge in [-0.25, -0.2) is 4.79 Å². The van der Waals surface area contributed by atoms with Crippen molar-refractivity contribution in [1.82, 2.24) is 0 Å². The maximum atomic E-state index is 10.7. The Labute approximate surface area is 80.0 Å². The zero-order chi connectivity index (χ0) is 10.1. The van der Waals surface area contributed by atoms with E-state index in [1.807, 2.05) is 25.2 Å². The highest BCUT2D eigenvalue weighted by molar-refractivity contribution is 5.86. The molecule has 0 aliphatic carbocycles. The SMILES string of the molecule is CC=CCC(=CCCCC)C(=O)O. The minimum absolute atomic E-state index is 0.506. The summed E-state index contributed by atoms with van der Waals surface area (Å²) in [5, 5.41) is 8.80. The van der Waals surface area contributed by atoms with E-state index in [2.05, 4.69) is 6.92 Å². The van der Waals surface area contributed by atoms with Crippen molar-refractivity contribution in [1.29, 1.82) is 0 Å². The van der Waals surface area contributed by atoms with E-state index in [-0.39, 0.29) is 0 Å². The number of hydrogen-bond acceptors (Lipinski definition) is 1. The van der Waals surface area contributed by atoms with Crippen LogP contribution in [-0.4, -0.2) is 11.1 Å². The third-order valence-electron chi connectivity index (χ3n) is 1.80. The molecule has 0 aliphatic heterocycles. The van der Waals surface area contributed by atoms with Crippen LogP contribution in [0.3, 0.4) is 0 Å². The van der Waals surface area contributed by atoms with Crippen LogP contribution >= 0.6 is 0 Å². The van der Waals surface area contributed by atoms with Crippen molar-refractivity contribution in [3.8, 4) is 0 Å². The number of allylic oxidation sites excluding steroid dienone is 3. The van der Waals surface area contributed by atoms with Gasteiger partial charge in [-0.3, -0.25) is 0 Å². The number of carboxylic acid groups (broad SMARTS) is 1. The molecule has 0 saturated carbocycles. The molecule has 0 saturated heterocycles. The first kappa shape index (κ1) is 11.9. The molecule has 0 heterocycles. The summed E-state index contributed by atoms with van der Waals surface area (Å²) in [4.78, 5) is 10.7. The van der Waals surface area contributed by atoms with Gasteiger partial charge in [0.15, 0.2) is 0 Å². The van der Waals surface area contributed by atoms with Crippen molar-refractivity contribution in [3.05, 3.63) is 23.8 Å². The maximum absolute atomic E-state index is 10.7. The van der Waals surface area contributed by atoms with E-state index >= 15 is 0 Å². The summed E-state index contributed by atoms with van der Waals surface area (Å²) in [6.07, 6.45) is 9.14. The molecule has 0 radical (unpaired) electrons. The topological polar surface area (TPSA) is 37.3 Å². The summed E-state index contributed by atoms with van der Waals surface area (Å²) in [7, 11) is 0. The van der Waals surface area contributed by atoms with Gasteiger partial charge in [-0.2, -0.15) is 0 Å². The van der Waals surface area contributed by atoms with Gasteiger partial charge in [0.05, 0.1) is 0 Å². The summed E-state index contributed by atoms with van der Waals surface area (Å²) in [6.45, 7) is 3.99. The molecule has 0 aromatic carbocycles. The predicted octanol–water partition coefficient (Wildman–Crippen LogP) is 3.15. The molecule has 1 N–H and O–H groups in total. The fourth-order valence-electron chi connectivity index (χ4n) is 0.983. The molecule has 0 amide bonds. The third-order valence-corrected chi connectivity index (χ3v) is 1.80. The van der Waals surface area contributed by atoms with E-state index in [0.717, 1.165) is 19.3 Å². The zero-order valence-electron chi connectivity index (χ0n) is 8.42. The second-order valence-electron chi connectivity index (χ2n) is 2.95. The second-order valence-corrected chi connectivity index (χ2v) is 2.95. The monoisotopic (exact) mass is 182 g/mol. The average Bonchev–Trinajstić information content (AvgIpc) is 2.10. The van der Waals surface area contributed by atoms with E-state index in [1.54, 1.807) is 0 Å². The summed E-state index contributed by atoms with van der Waals surface area (Å²) in [6, 6.07) is 0. The molecular weight excluding hydrogens is 164 g/mol. The minimum Gasteiger partial charge on any atom is -0.478 e. The summed E-state index contributed by atoms with van der Waals surface area (Å²) < 4.78 is 0. The highest BCUT2D eigenvalue weighted by Crippen LogP contribution is 2.06. The van der Waals surface area contributed by atoms with Gasteiger partial charge < -0.3 is 5.11 Å². The van der Waals surface area contributed by atoms with Crippen LogP contribution in [0.15, 0.2) is 23.8 Å². The van der Waals surface area contributed by atoms with Crippen LogP contribution in [0.1, 0.15) is 39.5 Å². The molecule has 0 aromatic heterocycles. The van der Waals surface area contributed by atoms with E-state index in [9.17, 15) is 4.79 Å². The third kappa shape index (κ3) is 6.14. The molecule has 0 rings (SSSR count). The molecule has 0 fully saturated rings. The standard InChI is InChI=1S/C11H18O2/c1-3-5-7-9-10(11(12)13)8-6-4-2/h4,6,9H,3,5,7-8H2,1-2H3,(H,12,13). The fourth-order valence-corrected chi connectivity index (χ4v) is 0.983. The first-order valence-corrected chi connectivity index (χ1v) is 4.75. The average molecular weight is 182 g/mol. The van der Waals surface area contributed by atoms with Crippen LogP contribution in [0.4, 0.5) is 0 Å². The quantitative estimate of drug-likeness (QED) is 0.389. The van der Waals surface area contributed by atoms with Gasteiger partial charge in [0, 0.05) is 5.57 Å². The molecule has 13 heavy (non-hydrogen) atoms. The minimum atomic E-state index is -0.797. The van der Waals surface area contributed by atoms with Crippen LogP contribution in [0.5, 0.6) is 0 Å². The largest absolute Gasteiger partial charge is 0.478 e. The first-order valence-electron chi connectivity index (χ1n) is 4.75. The number of carbonyl (C=O) groups is 1. The number of unbranched alkanes of at least 4 members (excludes halogenated alkanes) is 2. The van der Waals surface area contributed by atoms with Gasteiger partial charge in [-0.15, -0.1) is 0 Å². The Hall–Kier alpha value is -1.05. The molecule has 0 aromatic rings. The maximum Gasteiger partial charge on any atom is 0.331 e. The van der Waals surface area contributed by atoms with Gasteiger partial charge in [-0.1, -0.05) is 38.0 Å². The molecule has 0 unspecified atom stereocenters. The van der Waals surface area contributed by atoms with Gasteiger partial charge in [0.2, 0.25) is 0 Å². The van der Waals surface area contributed by atoms with E-state index in [0.29, 0.717) is 12.0 Å². The number of rotatable bonds is 6. The van der Waals surface area contributed by atoms with Crippen LogP contribution in [0.2, 0.25) is 0 Å². The normalized spacial score (nSPS) is 12.3. The highest BCUT2D eigenvalue weighted by Gasteiger charge is 2.03. The Kier molecular flexibility index (Phi) is 6.98. The molecule has 74 valence electrons. The molecule has 2 nitrogen and oxygen atoms in total. The van der Waals surface area contributed by atoms with Gasteiger partial charge >= 0.3 is 5.97 Å². The fraction of sp³-hybridized carbons (Fsp3) is 0.545. The predicted molar refractivity (Wildman–Crippen MR) is 54.7 cm³/mol. The summed E-state index contributed by atoms with van der Waals surface area (Å²) in [5.74, 6) is -0.797. The smallest absolute Gasteiger partial charge is 0.331 e. The van der Waals surface area contributed by atoms with Gasteiger partial charge in [0.1, 0.15) is 0 Å². The Morgan fingerprint density at radius 3 is 2.62 bits per heavy atom. The molecule has 0 bridgehead atoms. The van der Waals surface area contributed by atoms with E-state index in [1.165, 1.54) is 0 Å². The van der Waals surface area contributed by atoms with E-state index in [4.69, 9.17) is 5.11 Å². The van der Waals surface area contributed by atoms with Crippen LogP contribution in [0, 0.1) is 0 Å². The van der Waals surface area contributed by atoms with Gasteiger partial charge in [-0.05, 0) is 19.8 Å². The lowest BCUT2D eigenvalue weighted by Crippen LogP contribution is -1.99. The summed E-state index contributed by atoms with van der Waals surface area (Å²) >= 11 is 0. The van der Waals surface area contributed by atoms with E-state index < -0.39 is 5.97 Å². The molecule has 0 aliphatic rings. The second kappa shape index (κ2) is 7.59. The van der Waals surface area contributed by atoms with Crippen LogP contribution in [0.25, 0.3) is 0 Å². The summed E-state index contributed by atoms with van der Waals surface area (Å²) in [5.41, 5.74) is 0.506. The van der Waals surface area contributed by atoms with Crippen molar-refractivity contribution >= 4 is 5.97 Å². The Bertz CT molecular complexity index is 202. The van der Waals surface area contributed by atoms with Crippen molar-refractivity contribution in [3.63, 3.8) is 0 Å². The van der Waals surface area contributed by atoms with Crippen LogP contribution in [-0.2, 0) is 4.79 Å². The van der Waals surface area contributed by atoms with Crippen molar-refractivity contribution in [2.45, 2.75) is 39.5 Å². The van der Waals surface area contributed by atoms with Crippen molar-refractivity contribution in [2.24, 2.45) is 0 Å². The molecule has 0 atom stereocenters. The number of carboxylic acids is 1. The lowest BCUT2D eigenvalue weighted by Gasteiger charge is -1.97. The molecule has 0 spiro atoms. The van der Waals surface area contributed by atoms with Gasteiger partial charge in [0.25, 0.3) is 0 Å². The number of hydrogen-bond donors (Lipinski definition) is 1. The van der Waals surface area contributed by atoms with Crippen molar-refractivity contribution in [2.75, 3.05) is 0 Å². The lowest BCUT2D eigenvalue weighted by atomic mass is 10.1. The highest BCUT2D eigenvalue weighted by atomic mass is 16.4. The lowest BCUT2D eigenvalue weighted by molar-refractivity contribution is -0.132.